The molecule has 6 nitrogen and oxygen atoms in total. The number of fused-ring (bicyclic) bond motifs is 2. The van der Waals surface area contributed by atoms with Gasteiger partial charge in [-0.05, 0) is 26.0 Å². The first-order chi connectivity index (χ1) is 11.1. The van der Waals surface area contributed by atoms with Crippen LogP contribution in [0.15, 0.2) is 23.8 Å². The summed E-state index contributed by atoms with van der Waals surface area (Å²) in [6.07, 6.45) is 5.29. The van der Waals surface area contributed by atoms with Crippen molar-refractivity contribution < 1.29 is 9.66 Å². The molecule has 2 saturated heterocycles. The molecule has 0 bridgehead atoms. The van der Waals surface area contributed by atoms with Crippen molar-refractivity contribution in [2.75, 3.05) is 33.2 Å². The maximum atomic E-state index is 11.4. The zero-order valence-electron chi connectivity index (χ0n) is 13.3. The molecule has 0 saturated carbocycles. The Balaban J connectivity index is 1.84. The summed E-state index contributed by atoms with van der Waals surface area (Å²) in [4.78, 5) is 15.7. The Hall–Kier alpha value is -1.92. The monoisotopic (exact) mass is 315 g/mol. The van der Waals surface area contributed by atoms with E-state index >= 15 is 0 Å². The van der Waals surface area contributed by atoms with Crippen LogP contribution in [0.4, 0.5) is 5.69 Å². The van der Waals surface area contributed by atoms with Gasteiger partial charge in [0.15, 0.2) is 5.72 Å². The zero-order chi connectivity index (χ0) is 16.0. The Morgan fingerprint density at radius 1 is 1.26 bits per heavy atom. The average molecular weight is 315 g/mol. The van der Waals surface area contributed by atoms with Crippen molar-refractivity contribution >= 4 is 11.8 Å². The van der Waals surface area contributed by atoms with E-state index in [1.54, 1.807) is 6.07 Å². The highest BCUT2D eigenvalue weighted by Crippen LogP contribution is 2.46. The predicted octanol–water partition coefficient (Wildman–Crippen LogP) is 2.50. The third kappa shape index (κ3) is 2.24. The molecule has 1 unspecified atom stereocenters. The molecule has 0 radical (unpaired) electrons. The molecular formula is C17H21N3O3. The topological polar surface area (TPSA) is 58.8 Å². The highest BCUT2D eigenvalue weighted by atomic mass is 16.6. The minimum atomic E-state index is -0.498. The lowest BCUT2D eigenvalue weighted by atomic mass is 9.88. The van der Waals surface area contributed by atoms with Gasteiger partial charge in [-0.15, -0.1) is 0 Å². The van der Waals surface area contributed by atoms with E-state index in [0.29, 0.717) is 5.75 Å². The highest BCUT2D eigenvalue weighted by molar-refractivity contribution is 5.70. The molecule has 0 N–H and O–H groups in total. The molecule has 1 aromatic carbocycles. The van der Waals surface area contributed by atoms with Gasteiger partial charge in [-0.2, -0.15) is 0 Å². The predicted molar refractivity (Wildman–Crippen MR) is 87.4 cm³/mol. The maximum absolute atomic E-state index is 11.4. The van der Waals surface area contributed by atoms with Crippen molar-refractivity contribution in [3.8, 4) is 5.75 Å². The summed E-state index contributed by atoms with van der Waals surface area (Å²) in [7, 11) is 2.11. The summed E-state index contributed by atoms with van der Waals surface area (Å²) in [6.45, 7) is 3.77. The summed E-state index contributed by atoms with van der Waals surface area (Å²) >= 11 is 0. The van der Waals surface area contributed by atoms with E-state index < -0.39 is 5.72 Å². The SMILES string of the molecule is CN1CCC2(N3CCCC3)Oc3c(cccc3[N+](=O)[O-])C=C2C1. The first kappa shape index (κ1) is 14.7. The summed E-state index contributed by atoms with van der Waals surface area (Å²) in [5, 5.41) is 11.4. The van der Waals surface area contributed by atoms with E-state index in [2.05, 4.69) is 22.9 Å². The van der Waals surface area contributed by atoms with Gasteiger partial charge < -0.3 is 9.64 Å². The molecule has 0 amide bonds. The van der Waals surface area contributed by atoms with Crippen molar-refractivity contribution in [3.63, 3.8) is 0 Å². The second-order valence-corrected chi connectivity index (χ2v) is 6.69. The molecule has 3 aliphatic rings. The van der Waals surface area contributed by atoms with Crippen LogP contribution in [-0.2, 0) is 0 Å². The first-order valence-corrected chi connectivity index (χ1v) is 8.21. The first-order valence-electron chi connectivity index (χ1n) is 8.21. The number of likely N-dealkylation sites (tertiary alicyclic amines) is 2. The Bertz CT molecular complexity index is 682. The van der Waals surface area contributed by atoms with Crippen LogP contribution in [0.1, 0.15) is 24.8 Å². The zero-order valence-corrected chi connectivity index (χ0v) is 13.3. The quantitative estimate of drug-likeness (QED) is 0.620. The van der Waals surface area contributed by atoms with E-state index in [-0.39, 0.29) is 10.6 Å². The second-order valence-electron chi connectivity index (χ2n) is 6.69. The van der Waals surface area contributed by atoms with Crippen LogP contribution in [0.5, 0.6) is 5.75 Å². The molecule has 6 heteroatoms. The number of nitrogens with zero attached hydrogens (tertiary/aromatic N) is 3. The van der Waals surface area contributed by atoms with Crippen LogP contribution in [0.3, 0.4) is 0 Å². The van der Waals surface area contributed by atoms with Crippen LogP contribution < -0.4 is 4.74 Å². The van der Waals surface area contributed by atoms with Gasteiger partial charge in [0.05, 0.1) is 4.92 Å². The molecule has 1 atom stereocenters. The van der Waals surface area contributed by atoms with Gasteiger partial charge in [-0.1, -0.05) is 12.1 Å². The summed E-state index contributed by atoms with van der Waals surface area (Å²) in [5.74, 6) is 0.428. The fraction of sp³-hybridized carbons (Fsp3) is 0.529. The minimum Gasteiger partial charge on any atom is -0.461 e. The van der Waals surface area contributed by atoms with Crippen molar-refractivity contribution in [1.29, 1.82) is 0 Å². The second kappa shape index (κ2) is 5.32. The Morgan fingerprint density at radius 3 is 2.78 bits per heavy atom. The third-order valence-corrected chi connectivity index (χ3v) is 5.21. The molecule has 0 aliphatic carbocycles. The lowest BCUT2D eigenvalue weighted by Crippen LogP contribution is -2.60. The van der Waals surface area contributed by atoms with Gasteiger partial charge in [0.25, 0.3) is 0 Å². The van der Waals surface area contributed by atoms with Crippen molar-refractivity contribution in [2.45, 2.75) is 25.0 Å². The number of hydrogen-bond acceptors (Lipinski definition) is 5. The van der Waals surface area contributed by atoms with E-state index in [0.717, 1.165) is 51.0 Å². The van der Waals surface area contributed by atoms with Gasteiger partial charge >= 0.3 is 5.69 Å². The largest absolute Gasteiger partial charge is 0.461 e. The normalized spacial score (nSPS) is 27.8. The number of nitro benzene ring substituents is 1. The number of benzene rings is 1. The molecule has 122 valence electrons. The van der Waals surface area contributed by atoms with Gasteiger partial charge in [0.1, 0.15) is 0 Å². The molecule has 0 spiro atoms. The van der Waals surface area contributed by atoms with Crippen molar-refractivity contribution in [1.82, 2.24) is 9.80 Å². The van der Waals surface area contributed by atoms with Crippen LogP contribution >= 0.6 is 0 Å². The molecule has 23 heavy (non-hydrogen) atoms. The summed E-state index contributed by atoms with van der Waals surface area (Å²) in [5.41, 5.74) is 1.61. The van der Waals surface area contributed by atoms with E-state index in [9.17, 15) is 10.1 Å². The third-order valence-electron chi connectivity index (χ3n) is 5.21. The molecule has 3 heterocycles. The lowest BCUT2D eigenvalue weighted by molar-refractivity contribution is -0.386. The molecule has 1 aromatic rings. The van der Waals surface area contributed by atoms with Crippen LogP contribution in [0.2, 0.25) is 0 Å². The Kier molecular flexibility index (Phi) is 3.39. The molecule has 4 rings (SSSR count). The number of para-hydroxylation sites is 1. The molecule has 3 aliphatic heterocycles. The van der Waals surface area contributed by atoms with Gasteiger partial charge in [0, 0.05) is 49.8 Å². The van der Waals surface area contributed by atoms with Crippen LogP contribution in [0, 0.1) is 10.1 Å². The number of nitro groups is 1. The van der Waals surface area contributed by atoms with E-state index in [1.165, 1.54) is 11.6 Å². The summed E-state index contributed by atoms with van der Waals surface area (Å²) in [6, 6.07) is 5.16. The van der Waals surface area contributed by atoms with Crippen molar-refractivity contribution in [3.05, 3.63) is 39.4 Å². The average Bonchev–Trinajstić information content (AvgIpc) is 3.07. The number of piperidine rings is 1. The number of likely N-dealkylation sites (N-methyl/N-ethyl adjacent to an activating group) is 1. The standard InChI is InChI=1S/C17H21N3O3/c1-18-10-7-17(19-8-2-3-9-19)14(12-18)11-13-5-4-6-15(20(21)22)16(13)23-17/h4-6,11H,2-3,7-10,12H2,1H3. The van der Waals surface area contributed by atoms with Gasteiger partial charge in [0.2, 0.25) is 5.75 Å². The lowest BCUT2D eigenvalue weighted by Gasteiger charge is -2.49. The minimum absolute atomic E-state index is 0.0651. The van der Waals surface area contributed by atoms with Gasteiger partial charge in [-0.25, -0.2) is 0 Å². The number of hydrogen-bond donors (Lipinski definition) is 0. The fourth-order valence-corrected chi connectivity index (χ4v) is 4.04. The Labute approximate surface area is 135 Å². The Morgan fingerprint density at radius 2 is 2.04 bits per heavy atom. The van der Waals surface area contributed by atoms with E-state index in [4.69, 9.17) is 4.74 Å². The van der Waals surface area contributed by atoms with Gasteiger partial charge in [-0.3, -0.25) is 15.0 Å². The summed E-state index contributed by atoms with van der Waals surface area (Å²) < 4.78 is 6.44. The van der Waals surface area contributed by atoms with Crippen LogP contribution in [0.25, 0.3) is 6.08 Å². The van der Waals surface area contributed by atoms with E-state index in [1.807, 2.05) is 6.07 Å². The number of rotatable bonds is 2. The maximum Gasteiger partial charge on any atom is 0.311 e. The smallest absolute Gasteiger partial charge is 0.311 e. The molecular weight excluding hydrogens is 294 g/mol. The fourth-order valence-electron chi connectivity index (χ4n) is 4.04. The number of ether oxygens (including phenoxy) is 1. The van der Waals surface area contributed by atoms with Crippen LogP contribution in [-0.4, -0.2) is 53.7 Å². The molecule has 0 aromatic heterocycles. The van der Waals surface area contributed by atoms with Crippen molar-refractivity contribution in [2.24, 2.45) is 0 Å². The highest BCUT2D eigenvalue weighted by Gasteiger charge is 2.49. The molecule has 2 fully saturated rings.